The molecular weight excluding hydrogens is 418 g/mol. The summed E-state index contributed by atoms with van der Waals surface area (Å²) in [6.07, 6.45) is -0.187. The summed E-state index contributed by atoms with van der Waals surface area (Å²) in [5, 5.41) is 9.98. The quantitative estimate of drug-likeness (QED) is 0.732. The molecule has 3 rings (SSSR count). The van der Waals surface area contributed by atoms with Crippen molar-refractivity contribution in [3.05, 3.63) is 69.2 Å². The van der Waals surface area contributed by atoms with E-state index in [4.69, 9.17) is 11.6 Å². The Morgan fingerprint density at radius 2 is 1.92 bits per heavy atom. The Labute approximate surface area is 165 Å². The van der Waals surface area contributed by atoms with Crippen LogP contribution in [0.4, 0.5) is 5.69 Å². The van der Waals surface area contributed by atoms with E-state index in [-0.39, 0.29) is 17.9 Å². The number of hydrogen-bond donors (Lipinski definition) is 1. The van der Waals surface area contributed by atoms with Crippen LogP contribution in [0.3, 0.4) is 0 Å². The van der Waals surface area contributed by atoms with Gasteiger partial charge in [-0.2, -0.15) is 0 Å². The number of carboxylic acids is 1. The number of aliphatic carboxylic acids is 1. The molecule has 1 N–H and O–H groups in total. The van der Waals surface area contributed by atoms with Crippen molar-refractivity contribution in [1.82, 2.24) is 0 Å². The second-order valence-electron chi connectivity index (χ2n) is 6.33. The molecule has 0 bridgehead atoms. The second-order valence-corrected chi connectivity index (χ2v) is 7.56. The molecule has 0 fully saturated rings. The molecule has 0 aliphatic carbocycles. The number of carbonyl (C=O) groups is 2. The van der Waals surface area contributed by atoms with Crippen LogP contribution in [-0.4, -0.2) is 17.0 Å². The first-order chi connectivity index (χ1) is 12.3. The van der Waals surface area contributed by atoms with Crippen LogP contribution in [0.1, 0.15) is 28.7 Å². The van der Waals surface area contributed by atoms with E-state index in [1.807, 2.05) is 32.0 Å². The van der Waals surface area contributed by atoms with Crippen LogP contribution in [0.5, 0.6) is 0 Å². The van der Waals surface area contributed by atoms with Crippen molar-refractivity contribution in [2.24, 2.45) is 0 Å². The van der Waals surface area contributed by atoms with Gasteiger partial charge in [0.05, 0.1) is 24.2 Å². The second kappa shape index (κ2) is 7.25. The minimum Gasteiger partial charge on any atom is -0.478 e. The standard InChI is InChI=1S/C20H17BrClNO3/c1-11-3-4-13(7-12(11)2)10-23-17-8-14(22)5-6-15(17)19(21)16(20(25)26)9-18(23)24/h3-8H,9-10H2,1-2H3,(H,25,26). The highest BCUT2D eigenvalue weighted by Crippen LogP contribution is 2.40. The minimum absolute atomic E-state index is 0.0427. The van der Waals surface area contributed by atoms with Crippen molar-refractivity contribution in [2.45, 2.75) is 26.8 Å². The van der Waals surface area contributed by atoms with Gasteiger partial charge >= 0.3 is 5.97 Å². The van der Waals surface area contributed by atoms with Crippen molar-refractivity contribution < 1.29 is 14.7 Å². The first-order valence-corrected chi connectivity index (χ1v) is 9.23. The Balaban J connectivity index is 2.11. The van der Waals surface area contributed by atoms with Crippen LogP contribution in [0.2, 0.25) is 5.02 Å². The molecule has 0 atom stereocenters. The van der Waals surface area contributed by atoms with E-state index in [1.165, 1.54) is 5.56 Å². The fraction of sp³-hybridized carbons (Fsp3) is 0.200. The highest BCUT2D eigenvalue weighted by molar-refractivity contribution is 9.15. The van der Waals surface area contributed by atoms with Crippen molar-refractivity contribution in [3.63, 3.8) is 0 Å². The molecule has 0 unspecified atom stereocenters. The van der Waals surface area contributed by atoms with Gasteiger partial charge in [0, 0.05) is 15.1 Å². The van der Waals surface area contributed by atoms with Gasteiger partial charge in [0.2, 0.25) is 5.91 Å². The Bertz CT molecular complexity index is 952. The lowest BCUT2D eigenvalue weighted by Crippen LogP contribution is -2.30. The minimum atomic E-state index is -1.11. The van der Waals surface area contributed by atoms with Gasteiger partial charge in [0.25, 0.3) is 0 Å². The number of carboxylic acid groups (broad SMARTS) is 1. The van der Waals surface area contributed by atoms with Crippen LogP contribution >= 0.6 is 27.5 Å². The van der Waals surface area contributed by atoms with Crippen LogP contribution in [0.25, 0.3) is 4.48 Å². The normalized spacial score (nSPS) is 14.3. The molecule has 1 heterocycles. The molecule has 1 aliphatic heterocycles. The van der Waals surface area contributed by atoms with Crippen LogP contribution in [0, 0.1) is 13.8 Å². The third-order valence-electron chi connectivity index (χ3n) is 4.55. The average Bonchev–Trinajstić information content (AvgIpc) is 2.68. The zero-order chi connectivity index (χ0) is 19.0. The fourth-order valence-corrected chi connectivity index (χ4v) is 3.77. The molecule has 1 aliphatic rings. The lowest BCUT2D eigenvalue weighted by molar-refractivity contribution is -0.133. The molecule has 26 heavy (non-hydrogen) atoms. The molecule has 4 nitrogen and oxygen atoms in total. The fourth-order valence-electron chi connectivity index (χ4n) is 2.96. The van der Waals surface area contributed by atoms with Crippen molar-refractivity contribution >= 4 is 49.6 Å². The third-order valence-corrected chi connectivity index (χ3v) is 5.69. The zero-order valence-electron chi connectivity index (χ0n) is 14.3. The molecule has 6 heteroatoms. The number of fused-ring (bicyclic) bond motifs is 1. The number of benzene rings is 2. The van der Waals surface area contributed by atoms with Gasteiger partial charge in [-0.1, -0.05) is 35.9 Å². The number of halogens is 2. The largest absolute Gasteiger partial charge is 0.478 e. The summed E-state index contributed by atoms with van der Waals surface area (Å²) in [6.45, 7) is 4.40. The van der Waals surface area contributed by atoms with E-state index in [2.05, 4.69) is 15.9 Å². The first-order valence-electron chi connectivity index (χ1n) is 8.06. The highest BCUT2D eigenvalue weighted by atomic mass is 79.9. The summed E-state index contributed by atoms with van der Waals surface area (Å²) < 4.78 is 0.410. The maximum Gasteiger partial charge on any atom is 0.333 e. The number of rotatable bonds is 3. The van der Waals surface area contributed by atoms with E-state index < -0.39 is 5.97 Å². The number of carbonyl (C=O) groups excluding carboxylic acids is 1. The monoisotopic (exact) mass is 433 g/mol. The molecular formula is C20H17BrClNO3. The molecule has 2 aromatic carbocycles. The predicted octanol–water partition coefficient (Wildman–Crippen LogP) is 5.08. The van der Waals surface area contributed by atoms with E-state index in [0.717, 1.165) is 11.1 Å². The molecule has 0 spiro atoms. The lowest BCUT2D eigenvalue weighted by Gasteiger charge is -2.24. The SMILES string of the molecule is Cc1ccc(CN2C(=O)CC(C(=O)O)=C(Br)c3ccc(Cl)cc32)cc1C. The summed E-state index contributed by atoms with van der Waals surface area (Å²) in [4.78, 5) is 26.1. The maximum atomic E-state index is 12.9. The maximum absolute atomic E-state index is 12.9. The third kappa shape index (κ3) is 3.55. The Kier molecular flexibility index (Phi) is 5.21. The van der Waals surface area contributed by atoms with Gasteiger partial charge in [-0.05, 0) is 58.6 Å². The van der Waals surface area contributed by atoms with Crippen LogP contribution in [0.15, 0.2) is 42.0 Å². The summed E-state index contributed by atoms with van der Waals surface area (Å²) in [7, 11) is 0. The zero-order valence-corrected chi connectivity index (χ0v) is 16.7. The van der Waals surface area contributed by atoms with Gasteiger partial charge in [-0.15, -0.1) is 0 Å². The summed E-state index contributed by atoms with van der Waals surface area (Å²) >= 11 is 9.52. The van der Waals surface area contributed by atoms with E-state index in [1.54, 1.807) is 23.1 Å². The Morgan fingerprint density at radius 1 is 1.19 bits per heavy atom. The topological polar surface area (TPSA) is 57.6 Å². The van der Waals surface area contributed by atoms with Gasteiger partial charge in [-0.25, -0.2) is 4.79 Å². The average molecular weight is 435 g/mol. The molecule has 2 aromatic rings. The lowest BCUT2D eigenvalue weighted by atomic mass is 10.1. The number of anilines is 1. The number of nitrogens with zero attached hydrogens (tertiary/aromatic N) is 1. The van der Waals surface area contributed by atoms with Crippen molar-refractivity contribution in [3.8, 4) is 0 Å². The summed E-state index contributed by atoms with van der Waals surface area (Å²) in [5.74, 6) is -1.39. The van der Waals surface area contributed by atoms with Crippen molar-refractivity contribution in [2.75, 3.05) is 4.90 Å². The van der Waals surface area contributed by atoms with Gasteiger partial charge in [-0.3, -0.25) is 4.79 Å². The van der Waals surface area contributed by atoms with Crippen LogP contribution < -0.4 is 4.90 Å². The molecule has 1 amide bonds. The molecule has 0 saturated heterocycles. The Hall–Kier alpha value is -2.11. The van der Waals surface area contributed by atoms with Crippen LogP contribution in [-0.2, 0) is 16.1 Å². The number of aryl methyl sites for hydroxylation is 2. The number of amides is 1. The molecule has 0 aromatic heterocycles. The van der Waals surface area contributed by atoms with Crippen molar-refractivity contribution in [1.29, 1.82) is 0 Å². The van der Waals surface area contributed by atoms with Gasteiger partial charge < -0.3 is 10.0 Å². The van der Waals surface area contributed by atoms with Gasteiger partial charge in [0.15, 0.2) is 0 Å². The van der Waals surface area contributed by atoms with E-state index >= 15 is 0 Å². The molecule has 134 valence electrons. The highest BCUT2D eigenvalue weighted by Gasteiger charge is 2.30. The van der Waals surface area contributed by atoms with Gasteiger partial charge in [0.1, 0.15) is 0 Å². The number of hydrogen-bond acceptors (Lipinski definition) is 2. The van der Waals surface area contributed by atoms with E-state index in [9.17, 15) is 14.7 Å². The Morgan fingerprint density at radius 3 is 2.58 bits per heavy atom. The molecule has 0 saturated carbocycles. The predicted molar refractivity (Wildman–Crippen MR) is 107 cm³/mol. The summed E-state index contributed by atoms with van der Waals surface area (Å²) in [5.41, 5.74) is 4.58. The molecule has 0 radical (unpaired) electrons. The summed E-state index contributed by atoms with van der Waals surface area (Å²) in [6, 6.07) is 11.1. The van der Waals surface area contributed by atoms with E-state index in [0.29, 0.717) is 27.3 Å². The first kappa shape index (κ1) is 18.7. The smallest absolute Gasteiger partial charge is 0.333 e.